The van der Waals surface area contributed by atoms with Crippen molar-refractivity contribution in [3.63, 3.8) is 0 Å². The number of nitriles is 1. The van der Waals surface area contributed by atoms with E-state index in [4.69, 9.17) is 28.5 Å². The first-order valence-corrected chi connectivity index (χ1v) is 8.66. The molecule has 1 unspecified atom stereocenters. The molecule has 1 aromatic heterocycles. The molecule has 3 rings (SSSR count). The number of halogens is 4. The first-order chi connectivity index (χ1) is 13.4. The smallest absolute Gasteiger partial charge is 0.141 e. The summed E-state index contributed by atoms with van der Waals surface area (Å²) in [5, 5.41) is 21.9. The van der Waals surface area contributed by atoms with E-state index in [0.717, 1.165) is 12.1 Å². The van der Waals surface area contributed by atoms with Crippen molar-refractivity contribution < 1.29 is 13.9 Å². The highest BCUT2D eigenvalue weighted by Crippen LogP contribution is 2.29. The van der Waals surface area contributed by atoms with E-state index in [1.165, 1.54) is 42.6 Å². The van der Waals surface area contributed by atoms with Crippen molar-refractivity contribution in [1.29, 1.82) is 5.26 Å². The van der Waals surface area contributed by atoms with E-state index in [1.54, 1.807) is 6.07 Å². The minimum Gasteiger partial charge on any atom is -0.858 e. The number of hydrogen-bond donors (Lipinski definition) is 0. The predicted molar refractivity (Wildman–Crippen MR) is 100 cm³/mol. The molecule has 0 saturated carbocycles. The van der Waals surface area contributed by atoms with Crippen LogP contribution in [0.25, 0.3) is 0 Å². The number of benzene rings is 2. The summed E-state index contributed by atoms with van der Waals surface area (Å²) >= 11 is 11.6. The van der Waals surface area contributed by atoms with Gasteiger partial charge in [0.1, 0.15) is 23.7 Å². The number of pyridine rings is 1. The molecule has 0 saturated heterocycles. The van der Waals surface area contributed by atoms with Crippen LogP contribution in [0.2, 0.25) is 10.0 Å². The lowest BCUT2D eigenvalue weighted by atomic mass is 10.0. The summed E-state index contributed by atoms with van der Waals surface area (Å²) in [5.41, 5.74) is 0.0656. The summed E-state index contributed by atoms with van der Waals surface area (Å²) in [6.07, 6.45) is 1.35. The third-order valence-electron chi connectivity index (χ3n) is 3.87. The lowest BCUT2D eigenvalue weighted by molar-refractivity contribution is -0.213. The van der Waals surface area contributed by atoms with E-state index < -0.39 is 23.6 Å². The van der Waals surface area contributed by atoms with Crippen molar-refractivity contribution in [2.24, 2.45) is 4.99 Å². The van der Waals surface area contributed by atoms with Crippen molar-refractivity contribution >= 4 is 29.1 Å². The molecule has 3 aromatic rings. The van der Waals surface area contributed by atoms with Gasteiger partial charge in [-0.2, -0.15) is 5.26 Å². The normalized spacial score (nSPS) is 12.5. The summed E-state index contributed by atoms with van der Waals surface area (Å²) in [5.74, 6) is -2.31. The minimum atomic E-state index is -1.10. The highest BCUT2D eigenvalue weighted by molar-refractivity contribution is 6.30. The summed E-state index contributed by atoms with van der Waals surface area (Å²) in [4.78, 5) is 8.14. The van der Waals surface area contributed by atoms with Crippen molar-refractivity contribution in [1.82, 2.24) is 4.98 Å². The zero-order valence-electron chi connectivity index (χ0n) is 14.0. The molecule has 1 atom stereocenters. The third kappa shape index (κ3) is 4.28. The van der Waals surface area contributed by atoms with E-state index in [0.29, 0.717) is 5.02 Å². The van der Waals surface area contributed by atoms with Crippen molar-refractivity contribution in [2.75, 3.05) is 0 Å². The number of nitrogens with zero attached hydrogens (tertiary/aromatic N) is 3. The molecule has 0 aliphatic rings. The molecule has 28 heavy (non-hydrogen) atoms. The molecule has 0 aliphatic carbocycles. The molecule has 8 heteroatoms. The molecule has 0 bridgehead atoms. The van der Waals surface area contributed by atoms with Crippen LogP contribution in [0.4, 0.5) is 8.78 Å². The Hall–Kier alpha value is -3.01. The fourth-order valence-electron chi connectivity index (χ4n) is 2.50. The Balaban J connectivity index is 2.11. The van der Waals surface area contributed by atoms with Gasteiger partial charge in [-0.3, -0.25) is 9.98 Å². The molecule has 2 aromatic carbocycles. The van der Waals surface area contributed by atoms with Gasteiger partial charge in [-0.1, -0.05) is 35.3 Å². The standard InChI is InChI=1S/C20H11Cl2F2N3O/c21-13-3-5-15(17(24)8-13)19(18-6-4-14(22)10-26-18)27-20(28)11-1-2-12(9-25)16(23)7-11/h1-8,10,19H,(H,27,28)/p-1. The Morgan fingerprint density at radius 2 is 1.79 bits per heavy atom. The maximum absolute atomic E-state index is 14.5. The van der Waals surface area contributed by atoms with Crippen molar-refractivity contribution in [2.45, 2.75) is 6.04 Å². The zero-order valence-corrected chi connectivity index (χ0v) is 15.5. The molecule has 140 valence electrons. The van der Waals surface area contributed by atoms with Gasteiger partial charge in [0.05, 0.1) is 16.3 Å². The predicted octanol–water partition coefficient (Wildman–Crippen LogP) is 4.43. The Morgan fingerprint density at radius 3 is 2.39 bits per heavy atom. The van der Waals surface area contributed by atoms with Crippen LogP contribution < -0.4 is 5.11 Å². The van der Waals surface area contributed by atoms with E-state index in [1.807, 2.05) is 0 Å². The molecular weight excluding hydrogens is 407 g/mol. The van der Waals surface area contributed by atoms with Gasteiger partial charge in [-0.05, 0) is 47.9 Å². The number of aromatic nitrogens is 1. The lowest BCUT2D eigenvalue weighted by Crippen LogP contribution is -2.21. The first-order valence-electron chi connectivity index (χ1n) is 7.90. The molecule has 0 N–H and O–H groups in total. The monoisotopic (exact) mass is 416 g/mol. The molecule has 0 spiro atoms. The SMILES string of the molecule is N#Cc1ccc(C([O-])=NC(c2ccc(Cl)cn2)c2ccc(Cl)cc2F)cc1F. The number of hydrogen-bond acceptors (Lipinski definition) is 4. The Kier molecular flexibility index (Phi) is 5.88. The van der Waals surface area contributed by atoms with Crippen LogP contribution in [-0.2, 0) is 0 Å². The minimum absolute atomic E-state index is 0.0710. The van der Waals surface area contributed by atoms with E-state index in [2.05, 4.69) is 9.98 Å². The molecule has 0 aliphatic heterocycles. The van der Waals surface area contributed by atoms with Gasteiger partial charge in [0.25, 0.3) is 0 Å². The van der Waals surface area contributed by atoms with Gasteiger partial charge in [-0.25, -0.2) is 8.78 Å². The largest absolute Gasteiger partial charge is 0.858 e. The van der Waals surface area contributed by atoms with Gasteiger partial charge < -0.3 is 5.11 Å². The highest BCUT2D eigenvalue weighted by Gasteiger charge is 2.19. The van der Waals surface area contributed by atoms with Crippen LogP contribution in [0.5, 0.6) is 0 Å². The van der Waals surface area contributed by atoms with Crippen molar-refractivity contribution in [3.8, 4) is 6.07 Å². The quantitative estimate of drug-likeness (QED) is 0.466. The summed E-state index contributed by atoms with van der Waals surface area (Å²) in [6, 6.07) is 10.9. The fourth-order valence-corrected chi connectivity index (χ4v) is 2.77. The van der Waals surface area contributed by atoms with Crippen LogP contribution in [0.15, 0.2) is 59.7 Å². The maximum atomic E-state index is 14.5. The molecule has 1 heterocycles. The second-order valence-corrected chi connectivity index (χ2v) is 6.58. The van der Waals surface area contributed by atoms with Gasteiger partial charge in [-0.15, -0.1) is 0 Å². The molecule has 4 nitrogen and oxygen atoms in total. The maximum Gasteiger partial charge on any atom is 0.141 e. The Labute approximate surface area is 169 Å². The Morgan fingerprint density at radius 1 is 1.04 bits per heavy atom. The molecular formula is C20H10Cl2F2N3O-. The number of rotatable bonds is 4. The van der Waals surface area contributed by atoms with E-state index in [-0.39, 0.29) is 27.4 Å². The van der Waals surface area contributed by atoms with Gasteiger partial charge >= 0.3 is 0 Å². The van der Waals surface area contributed by atoms with E-state index >= 15 is 0 Å². The average molecular weight is 417 g/mol. The van der Waals surface area contributed by atoms with Crippen LogP contribution in [0.1, 0.15) is 28.4 Å². The zero-order chi connectivity index (χ0) is 20.3. The van der Waals surface area contributed by atoms with Gasteiger partial charge in [0, 0.05) is 16.8 Å². The first kappa shape index (κ1) is 19.7. The summed E-state index contributed by atoms with van der Waals surface area (Å²) in [7, 11) is 0. The second kappa shape index (κ2) is 8.34. The highest BCUT2D eigenvalue weighted by atomic mass is 35.5. The molecule has 0 amide bonds. The fraction of sp³-hybridized carbons (Fsp3) is 0.0500. The van der Waals surface area contributed by atoms with Crippen molar-refractivity contribution in [3.05, 3.63) is 98.8 Å². The second-order valence-electron chi connectivity index (χ2n) is 5.71. The van der Waals surface area contributed by atoms with Crippen LogP contribution >= 0.6 is 23.2 Å². The summed E-state index contributed by atoms with van der Waals surface area (Å²) in [6.45, 7) is 0. The number of aliphatic imine (C=N–C) groups is 1. The van der Waals surface area contributed by atoms with E-state index in [9.17, 15) is 13.9 Å². The topological polar surface area (TPSA) is 72.1 Å². The average Bonchev–Trinajstić information content (AvgIpc) is 2.67. The van der Waals surface area contributed by atoms with Gasteiger partial charge in [0.15, 0.2) is 0 Å². The summed E-state index contributed by atoms with van der Waals surface area (Å²) < 4.78 is 28.3. The van der Waals surface area contributed by atoms with Crippen LogP contribution in [-0.4, -0.2) is 10.9 Å². The third-order valence-corrected chi connectivity index (χ3v) is 4.33. The Bertz CT molecular complexity index is 1100. The molecule has 0 fully saturated rings. The van der Waals surface area contributed by atoms with Gasteiger partial charge in [0.2, 0.25) is 0 Å². The lowest BCUT2D eigenvalue weighted by Gasteiger charge is -2.19. The van der Waals surface area contributed by atoms with Crippen LogP contribution in [0.3, 0.4) is 0 Å². The molecule has 0 radical (unpaired) electrons. The van der Waals surface area contributed by atoms with Crippen LogP contribution in [0, 0.1) is 23.0 Å².